The molecular formula is C12H23N3OS. The van der Waals surface area contributed by atoms with Crippen molar-refractivity contribution in [1.29, 1.82) is 0 Å². The average Bonchev–Trinajstić information content (AvgIpc) is 2.69. The summed E-state index contributed by atoms with van der Waals surface area (Å²) in [6.07, 6.45) is 2.12. The monoisotopic (exact) mass is 257 g/mol. The molecule has 0 bridgehead atoms. The van der Waals surface area contributed by atoms with Gasteiger partial charge in [0.05, 0.1) is 5.60 Å². The first kappa shape index (κ1) is 14.5. The van der Waals surface area contributed by atoms with Gasteiger partial charge >= 0.3 is 0 Å². The van der Waals surface area contributed by atoms with E-state index in [0.717, 1.165) is 29.5 Å². The maximum atomic E-state index is 5.66. The molecule has 17 heavy (non-hydrogen) atoms. The SMILES string of the molecule is CCCNCCc1nnc(COC(C)(C)C)s1. The van der Waals surface area contributed by atoms with E-state index in [1.807, 2.05) is 20.8 Å². The summed E-state index contributed by atoms with van der Waals surface area (Å²) in [6.45, 7) is 10.9. The van der Waals surface area contributed by atoms with E-state index in [9.17, 15) is 0 Å². The highest BCUT2D eigenvalue weighted by Gasteiger charge is 2.12. The number of nitrogens with one attached hydrogen (secondary N) is 1. The van der Waals surface area contributed by atoms with Crippen molar-refractivity contribution >= 4 is 11.3 Å². The van der Waals surface area contributed by atoms with E-state index in [0.29, 0.717) is 6.61 Å². The van der Waals surface area contributed by atoms with Crippen LogP contribution in [-0.2, 0) is 17.8 Å². The van der Waals surface area contributed by atoms with E-state index < -0.39 is 0 Å². The molecule has 1 heterocycles. The largest absolute Gasteiger partial charge is 0.369 e. The number of hydrogen-bond donors (Lipinski definition) is 1. The van der Waals surface area contributed by atoms with Crippen molar-refractivity contribution in [2.45, 2.75) is 52.7 Å². The third-order valence-corrected chi connectivity index (χ3v) is 3.04. The first-order chi connectivity index (χ1) is 8.01. The quantitative estimate of drug-likeness (QED) is 0.762. The van der Waals surface area contributed by atoms with E-state index >= 15 is 0 Å². The smallest absolute Gasteiger partial charge is 0.143 e. The predicted molar refractivity (Wildman–Crippen MR) is 71.3 cm³/mol. The Labute approximate surface area is 108 Å². The second kappa shape index (κ2) is 7.03. The molecule has 0 amide bonds. The van der Waals surface area contributed by atoms with Gasteiger partial charge in [0.15, 0.2) is 0 Å². The van der Waals surface area contributed by atoms with E-state index in [4.69, 9.17) is 4.74 Å². The second-order valence-corrected chi connectivity index (χ2v) is 6.14. The summed E-state index contributed by atoms with van der Waals surface area (Å²) in [5.74, 6) is 0. The molecule has 0 aliphatic rings. The summed E-state index contributed by atoms with van der Waals surface area (Å²) in [4.78, 5) is 0. The molecule has 0 aromatic carbocycles. The topological polar surface area (TPSA) is 47.0 Å². The standard InChI is InChI=1S/C12H23N3OS/c1-5-7-13-8-6-10-14-15-11(17-10)9-16-12(2,3)4/h13H,5-9H2,1-4H3. The Bertz CT molecular complexity index is 320. The molecule has 0 radical (unpaired) electrons. The van der Waals surface area contributed by atoms with Crippen LogP contribution in [0.2, 0.25) is 0 Å². The highest BCUT2D eigenvalue weighted by atomic mass is 32.1. The van der Waals surface area contributed by atoms with Gasteiger partial charge in [-0.15, -0.1) is 10.2 Å². The Morgan fingerprint density at radius 3 is 2.53 bits per heavy atom. The Morgan fingerprint density at radius 2 is 1.88 bits per heavy atom. The summed E-state index contributed by atoms with van der Waals surface area (Å²) >= 11 is 1.64. The van der Waals surface area contributed by atoms with Crippen LogP contribution in [0.3, 0.4) is 0 Å². The van der Waals surface area contributed by atoms with Gasteiger partial charge in [-0.25, -0.2) is 0 Å². The molecular weight excluding hydrogens is 234 g/mol. The molecule has 0 atom stereocenters. The van der Waals surface area contributed by atoms with Crippen LogP contribution in [0, 0.1) is 0 Å². The van der Waals surface area contributed by atoms with Crippen molar-refractivity contribution in [1.82, 2.24) is 15.5 Å². The minimum atomic E-state index is -0.117. The molecule has 5 heteroatoms. The number of rotatable bonds is 7. The maximum absolute atomic E-state index is 5.66. The number of hydrogen-bond acceptors (Lipinski definition) is 5. The summed E-state index contributed by atoms with van der Waals surface area (Å²) in [6, 6.07) is 0. The third-order valence-electron chi connectivity index (χ3n) is 2.08. The van der Waals surface area contributed by atoms with Crippen LogP contribution in [0.1, 0.15) is 44.1 Å². The van der Waals surface area contributed by atoms with Crippen LogP contribution in [0.5, 0.6) is 0 Å². The highest BCUT2D eigenvalue weighted by molar-refractivity contribution is 7.11. The fourth-order valence-corrected chi connectivity index (χ4v) is 1.98. The minimum absolute atomic E-state index is 0.117. The van der Waals surface area contributed by atoms with Gasteiger partial charge in [0, 0.05) is 13.0 Å². The van der Waals surface area contributed by atoms with Crippen LogP contribution in [0.15, 0.2) is 0 Å². The fraction of sp³-hybridized carbons (Fsp3) is 0.833. The van der Waals surface area contributed by atoms with Gasteiger partial charge in [-0.2, -0.15) is 0 Å². The Morgan fingerprint density at radius 1 is 1.18 bits per heavy atom. The predicted octanol–water partition coefficient (Wildman–Crippen LogP) is 2.40. The lowest BCUT2D eigenvalue weighted by Gasteiger charge is -2.17. The molecule has 0 unspecified atom stereocenters. The maximum Gasteiger partial charge on any atom is 0.143 e. The average molecular weight is 257 g/mol. The third kappa shape index (κ3) is 6.71. The molecule has 1 rings (SSSR count). The Balaban J connectivity index is 2.28. The Kier molecular flexibility index (Phi) is 6.02. The molecule has 0 aliphatic heterocycles. The van der Waals surface area contributed by atoms with Gasteiger partial charge < -0.3 is 10.1 Å². The van der Waals surface area contributed by atoms with Gasteiger partial charge in [0.1, 0.15) is 16.6 Å². The lowest BCUT2D eigenvalue weighted by Crippen LogP contribution is -2.18. The molecule has 1 aromatic rings. The molecule has 0 fully saturated rings. The summed E-state index contributed by atoms with van der Waals surface area (Å²) in [5.41, 5.74) is -0.117. The summed E-state index contributed by atoms with van der Waals surface area (Å²) < 4.78 is 5.66. The van der Waals surface area contributed by atoms with Crippen LogP contribution < -0.4 is 5.32 Å². The zero-order valence-corrected chi connectivity index (χ0v) is 12.1. The Hall–Kier alpha value is -0.520. The molecule has 1 aromatic heterocycles. The normalized spacial score (nSPS) is 12.0. The summed E-state index contributed by atoms with van der Waals surface area (Å²) in [7, 11) is 0. The van der Waals surface area contributed by atoms with E-state index in [1.165, 1.54) is 6.42 Å². The van der Waals surface area contributed by atoms with Crippen molar-refractivity contribution < 1.29 is 4.74 Å². The van der Waals surface area contributed by atoms with Crippen molar-refractivity contribution in [3.63, 3.8) is 0 Å². The molecule has 0 spiro atoms. The van der Waals surface area contributed by atoms with Crippen LogP contribution in [0.25, 0.3) is 0 Å². The minimum Gasteiger partial charge on any atom is -0.369 e. The highest BCUT2D eigenvalue weighted by Crippen LogP contribution is 2.15. The van der Waals surface area contributed by atoms with Crippen molar-refractivity contribution in [3.8, 4) is 0 Å². The van der Waals surface area contributed by atoms with Crippen LogP contribution >= 0.6 is 11.3 Å². The number of nitrogens with zero attached hydrogens (tertiary/aromatic N) is 2. The van der Waals surface area contributed by atoms with Gasteiger partial charge in [-0.3, -0.25) is 0 Å². The number of aromatic nitrogens is 2. The van der Waals surface area contributed by atoms with Gasteiger partial charge in [-0.05, 0) is 33.7 Å². The van der Waals surface area contributed by atoms with Gasteiger partial charge in [-0.1, -0.05) is 18.3 Å². The van der Waals surface area contributed by atoms with Crippen molar-refractivity contribution in [2.24, 2.45) is 0 Å². The number of ether oxygens (including phenoxy) is 1. The van der Waals surface area contributed by atoms with Crippen LogP contribution in [-0.4, -0.2) is 28.9 Å². The molecule has 4 nitrogen and oxygen atoms in total. The van der Waals surface area contributed by atoms with Gasteiger partial charge in [0.2, 0.25) is 0 Å². The van der Waals surface area contributed by atoms with E-state index in [1.54, 1.807) is 11.3 Å². The van der Waals surface area contributed by atoms with Crippen molar-refractivity contribution in [3.05, 3.63) is 10.0 Å². The van der Waals surface area contributed by atoms with Gasteiger partial charge in [0.25, 0.3) is 0 Å². The molecule has 98 valence electrons. The first-order valence-electron chi connectivity index (χ1n) is 6.17. The first-order valence-corrected chi connectivity index (χ1v) is 6.99. The molecule has 1 N–H and O–H groups in total. The second-order valence-electron chi connectivity index (χ2n) is 4.99. The van der Waals surface area contributed by atoms with Crippen LogP contribution in [0.4, 0.5) is 0 Å². The zero-order chi connectivity index (χ0) is 12.7. The molecule has 0 saturated heterocycles. The lowest BCUT2D eigenvalue weighted by atomic mass is 10.2. The summed E-state index contributed by atoms with van der Waals surface area (Å²) in [5, 5.41) is 13.7. The zero-order valence-electron chi connectivity index (χ0n) is 11.2. The molecule has 0 aliphatic carbocycles. The molecule has 0 saturated carbocycles. The van der Waals surface area contributed by atoms with E-state index in [-0.39, 0.29) is 5.60 Å². The van der Waals surface area contributed by atoms with Crippen molar-refractivity contribution in [2.75, 3.05) is 13.1 Å². The lowest BCUT2D eigenvalue weighted by molar-refractivity contribution is -0.0152. The van der Waals surface area contributed by atoms with E-state index in [2.05, 4.69) is 22.4 Å². The fourth-order valence-electron chi connectivity index (χ4n) is 1.22.